The third-order valence-corrected chi connectivity index (χ3v) is 5.60. The van der Waals surface area contributed by atoms with Crippen LogP contribution in [0, 0.1) is 19.8 Å². The highest BCUT2D eigenvalue weighted by atomic mass is 16.5. The van der Waals surface area contributed by atoms with Gasteiger partial charge in [0.15, 0.2) is 0 Å². The Kier molecular flexibility index (Phi) is 9.82. The van der Waals surface area contributed by atoms with Crippen molar-refractivity contribution in [3.8, 4) is 5.75 Å². The zero-order valence-electron chi connectivity index (χ0n) is 17.9. The fourth-order valence-electron chi connectivity index (χ4n) is 3.68. The van der Waals surface area contributed by atoms with Crippen LogP contribution in [0.1, 0.15) is 78.9 Å². The topological polar surface area (TPSA) is 26.3 Å². The predicted octanol–water partition coefficient (Wildman–Crippen LogP) is 7.10. The number of carbonyl (C=O) groups excluding carboxylic acids is 1. The predicted molar refractivity (Wildman–Crippen MR) is 118 cm³/mol. The molecule has 0 fully saturated rings. The van der Waals surface area contributed by atoms with Crippen molar-refractivity contribution in [3.05, 3.63) is 64.7 Å². The zero-order valence-corrected chi connectivity index (χ0v) is 17.9. The van der Waals surface area contributed by atoms with Crippen LogP contribution in [0.25, 0.3) is 0 Å². The maximum absolute atomic E-state index is 10.7. The van der Waals surface area contributed by atoms with E-state index in [1.165, 1.54) is 61.6 Å². The smallest absolute Gasteiger partial charge is 0.150 e. The summed E-state index contributed by atoms with van der Waals surface area (Å²) >= 11 is 0. The van der Waals surface area contributed by atoms with Crippen molar-refractivity contribution < 1.29 is 9.53 Å². The lowest BCUT2D eigenvalue weighted by atomic mass is 9.89. The Hall–Kier alpha value is -2.09. The van der Waals surface area contributed by atoms with Crippen LogP contribution < -0.4 is 4.74 Å². The van der Waals surface area contributed by atoms with Gasteiger partial charge >= 0.3 is 0 Å². The summed E-state index contributed by atoms with van der Waals surface area (Å²) in [7, 11) is 0. The number of carbonyl (C=O) groups is 1. The van der Waals surface area contributed by atoms with Crippen molar-refractivity contribution in [2.24, 2.45) is 5.92 Å². The minimum atomic E-state index is 0.688. The Morgan fingerprint density at radius 1 is 0.893 bits per heavy atom. The average Bonchev–Trinajstić information content (AvgIpc) is 2.71. The molecule has 0 aliphatic carbocycles. The van der Waals surface area contributed by atoms with Crippen LogP contribution >= 0.6 is 0 Å². The molecule has 0 N–H and O–H groups in total. The third kappa shape index (κ3) is 7.88. The molecule has 2 heteroatoms. The molecule has 0 heterocycles. The Morgan fingerprint density at radius 2 is 1.64 bits per heavy atom. The average molecular weight is 381 g/mol. The number of ether oxygens (including phenoxy) is 1. The van der Waals surface area contributed by atoms with Gasteiger partial charge < -0.3 is 4.74 Å². The molecule has 0 amide bonds. The summed E-state index contributed by atoms with van der Waals surface area (Å²) < 4.78 is 5.87. The largest absolute Gasteiger partial charge is 0.494 e. The summed E-state index contributed by atoms with van der Waals surface area (Å²) in [6.45, 7) is 7.39. The van der Waals surface area contributed by atoms with E-state index in [-0.39, 0.29) is 0 Å². The second kappa shape index (κ2) is 12.4. The summed E-state index contributed by atoms with van der Waals surface area (Å²) in [6.07, 6.45) is 10.9. The molecular weight excluding hydrogens is 344 g/mol. The van der Waals surface area contributed by atoms with Gasteiger partial charge in [0.2, 0.25) is 0 Å². The van der Waals surface area contributed by atoms with Crippen molar-refractivity contribution in [2.75, 3.05) is 6.61 Å². The van der Waals surface area contributed by atoms with E-state index >= 15 is 0 Å². The molecule has 0 saturated heterocycles. The van der Waals surface area contributed by atoms with Gasteiger partial charge in [0.05, 0.1) is 6.61 Å². The molecule has 2 aromatic carbocycles. The summed E-state index contributed by atoms with van der Waals surface area (Å²) in [5, 5.41) is 0. The van der Waals surface area contributed by atoms with Gasteiger partial charge in [-0.2, -0.15) is 0 Å². The first-order valence-corrected chi connectivity index (χ1v) is 10.9. The van der Waals surface area contributed by atoms with E-state index in [1.54, 1.807) is 12.1 Å². The van der Waals surface area contributed by atoms with Gasteiger partial charge in [-0.05, 0) is 80.0 Å². The molecule has 2 nitrogen and oxygen atoms in total. The van der Waals surface area contributed by atoms with E-state index in [4.69, 9.17) is 4.74 Å². The monoisotopic (exact) mass is 380 g/mol. The Morgan fingerprint density at radius 3 is 2.32 bits per heavy atom. The number of hydrogen-bond acceptors (Lipinski definition) is 2. The molecule has 0 bridgehead atoms. The lowest BCUT2D eigenvalue weighted by molar-refractivity contribution is 0.112. The first-order chi connectivity index (χ1) is 13.6. The summed E-state index contributed by atoms with van der Waals surface area (Å²) in [6, 6.07) is 14.3. The van der Waals surface area contributed by atoms with Gasteiger partial charge in [-0.3, -0.25) is 4.79 Å². The zero-order chi connectivity index (χ0) is 20.2. The minimum Gasteiger partial charge on any atom is -0.494 e. The molecule has 0 aromatic heterocycles. The second-order valence-electron chi connectivity index (χ2n) is 8.02. The molecule has 2 aromatic rings. The highest BCUT2D eigenvalue weighted by Gasteiger charge is 2.11. The van der Waals surface area contributed by atoms with Gasteiger partial charge in [-0.25, -0.2) is 0 Å². The van der Waals surface area contributed by atoms with Gasteiger partial charge in [-0.1, -0.05) is 57.2 Å². The molecule has 0 saturated carbocycles. The molecule has 28 heavy (non-hydrogen) atoms. The molecule has 0 aliphatic heterocycles. The normalized spacial score (nSPS) is 12.0. The van der Waals surface area contributed by atoms with Crippen molar-refractivity contribution in [1.29, 1.82) is 0 Å². The standard InChI is InChI=1S/C26H36O2/c1-4-5-6-7-9-23(19-25-12-11-21(2)22(3)18-25)10-8-17-28-26-15-13-24(20-27)14-16-26/h11-16,18,20,23H,4-10,17,19H2,1-3H3. The van der Waals surface area contributed by atoms with E-state index in [9.17, 15) is 4.79 Å². The van der Waals surface area contributed by atoms with Crippen LogP contribution in [0.3, 0.4) is 0 Å². The van der Waals surface area contributed by atoms with E-state index in [2.05, 4.69) is 39.0 Å². The third-order valence-electron chi connectivity index (χ3n) is 5.60. The molecule has 1 unspecified atom stereocenters. The summed E-state index contributed by atoms with van der Waals surface area (Å²) in [5.74, 6) is 1.57. The molecule has 2 rings (SSSR count). The number of hydrogen-bond donors (Lipinski definition) is 0. The Bertz CT molecular complexity index is 703. The highest BCUT2D eigenvalue weighted by Crippen LogP contribution is 2.23. The molecule has 1 atom stereocenters. The van der Waals surface area contributed by atoms with E-state index in [0.29, 0.717) is 5.56 Å². The number of aryl methyl sites for hydroxylation is 2. The second-order valence-corrected chi connectivity index (χ2v) is 8.02. The number of benzene rings is 2. The van der Waals surface area contributed by atoms with E-state index in [0.717, 1.165) is 31.0 Å². The van der Waals surface area contributed by atoms with Crippen molar-refractivity contribution in [2.45, 2.75) is 72.1 Å². The molecule has 0 radical (unpaired) electrons. The van der Waals surface area contributed by atoms with Crippen LogP contribution in [0.4, 0.5) is 0 Å². The van der Waals surface area contributed by atoms with Crippen LogP contribution in [0.15, 0.2) is 42.5 Å². The van der Waals surface area contributed by atoms with Gasteiger partial charge in [-0.15, -0.1) is 0 Å². The summed E-state index contributed by atoms with van der Waals surface area (Å²) in [4.78, 5) is 10.7. The fraction of sp³-hybridized carbons (Fsp3) is 0.500. The Labute approximate surface area is 171 Å². The highest BCUT2D eigenvalue weighted by molar-refractivity contribution is 5.74. The van der Waals surface area contributed by atoms with Crippen LogP contribution in [-0.4, -0.2) is 12.9 Å². The lowest BCUT2D eigenvalue weighted by Crippen LogP contribution is -2.08. The van der Waals surface area contributed by atoms with Gasteiger partial charge in [0, 0.05) is 5.56 Å². The first-order valence-electron chi connectivity index (χ1n) is 10.9. The molecule has 0 aliphatic rings. The lowest BCUT2D eigenvalue weighted by Gasteiger charge is -2.18. The van der Waals surface area contributed by atoms with Crippen LogP contribution in [-0.2, 0) is 6.42 Å². The quantitative estimate of drug-likeness (QED) is 0.273. The van der Waals surface area contributed by atoms with Crippen LogP contribution in [0.2, 0.25) is 0 Å². The SMILES string of the molecule is CCCCCCC(CCCOc1ccc(C=O)cc1)Cc1ccc(C)c(C)c1. The first kappa shape index (κ1) is 22.2. The fourth-order valence-corrected chi connectivity index (χ4v) is 3.68. The summed E-state index contributed by atoms with van der Waals surface area (Å²) in [5.41, 5.74) is 4.92. The van der Waals surface area contributed by atoms with E-state index < -0.39 is 0 Å². The van der Waals surface area contributed by atoms with E-state index in [1.807, 2.05) is 12.1 Å². The molecular formula is C26H36O2. The van der Waals surface area contributed by atoms with Gasteiger partial charge in [0.25, 0.3) is 0 Å². The minimum absolute atomic E-state index is 0.688. The molecule has 152 valence electrons. The molecule has 0 spiro atoms. The number of unbranched alkanes of at least 4 members (excludes halogenated alkanes) is 3. The van der Waals surface area contributed by atoms with Crippen molar-refractivity contribution >= 4 is 6.29 Å². The van der Waals surface area contributed by atoms with Crippen LogP contribution in [0.5, 0.6) is 5.75 Å². The number of aldehydes is 1. The van der Waals surface area contributed by atoms with Crippen molar-refractivity contribution in [3.63, 3.8) is 0 Å². The maximum Gasteiger partial charge on any atom is 0.150 e. The van der Waals surface area contributed by atoms with Crippen molar-refractivity contribution in [1.82, 2.24) is 0 Å². The van der Waals surface area contributed by atoms with Gasteiger partial charge in [0.1, 0.15) is 12.0 Å². The Balaban J connectivity index is 1.83. The number of rotatable bonds is 13. The maximum atomic E-state index is 10.7.